The number of allylic oxidation sites excluding steroid dienone is 17. The van der Waals surface area contributed by atoms with E-state index in [2.05, 4.69) is 110 Å². The van der Waals surface area contributed by atoms with Crippen LogP contribution in [0.4, 0.5) is 0 Å². The molecule has 322 valence electrons. The van der Waals surface area contributed by atoms with Crippen LogP contribution in [-0.4, -0.2) is 54.3 Å². The highest BCUT2D eigenvalue weighted by atomic mass is 31.2. The van der Waals surface area contributed by atoms with Crippen LogP contribution in [0.5, 0.6) is 0 Å². The molecule has 0 bridgehead atoms. The number of carbonyl (C=O) groups is 2. The van der Waals surface area contributed by atoms with Crippen LogP contribution in [0.1, 0.15) is 142 Å². The molecule has 2 atom stereocenters. The van der Waals surface area contributed by atoms with Gasteiger partial charge in [-0.25, -0.2) is 4.57 Å². The van der Waals surface area contributed by atoms with Gasteiger partial charge in [-0.15, -0.1) is 0 Å². The molecule has 0 aromatic carbocycles. The number of phosphoric acid groups is 1. The van der Waals surface area contributed by atoms with Crippen LogP contribution in [0.2, 0.25) is 0 Å². The minimum Gasteiger partial charge on any atom is -0.463 e. The van der Waals surface area contributed by atoms with Crippen LogP contribution >= 0.6 is 7.82 Å². The van der Waals surface area contributed by atoms with E-state index in [1.807, 2.05) is 12.2 Å². The lowest BCUT2D eigenvalue weighted by atomic mass is 10.1. The molecule has 1 amide bonds. The fourth-order valence-corrected chi connectivity index (χ4v) is 5.78. The standard InChI is InChI=1S/C47H76NO8P/c1-3-5-7-9-11-13-15-17-19-20-21-22-23-24-26-28-30-32-34-36-38-40-47(51)54-43-45(49)44-56-57(52,53)55-42-41-48-46(50)39-37-35-33-31-29-27-25-18-16-14-12-10-8-6-4-2/h5,7,11-14,17-19,21-22,24-26,30,32,36,38,45,49H,3-4,6,8-10,15-16,20,23,27-29,31,33-35,37,39-44H2,1-2H3,(H,48,50)(H,52,53)/b7-5-,13-11-,14-12-,19-17-,22-21-,25-18-,26-24-,32-30-,38-36-. The molecule has 2 unspecified atom stereocenters. The van der Waals surface area contributed by atoms with Crippen LogP contribution in [0.3, 0.4) is 0 Å². The Morgan fingerprint density at radius 2 is 1.04 bits per heavy atom. The molecule has 0 rings (SSSR count). The van der Waals surface area contributed by atoms with E-state index in [9.17, 15) is 24.2 Å². The van der Waals surface area contributed by atoms with Gasteiger partial charge in [0.25, 0.3) is 0 Å². The number of amides is 1. The van der Waals surface area contributed by atoms with Crippen molar-refractivity contribution in [1.29, 1.82) is 0 Å². The number of esters is 1. The molecular weight excluding hydrogens is 737 g/mol. The highest BCUT2D eigenvalue weighted by molar-refractivity contribution is 7.47. The predicted molar refractivity (Wildman–Crippen MR) is 238 cm³/mol. The number of ether oxygens (including phenoxy) is 1. The summed E-state index contributed by atoms with van der Waals surface area (Å²) >= 11 is 0. The second kappa shape index (κ2) is 42.3. The summed E-state index contributed by atoms with van der Waals surface area (Å²) in [5.74, 6) is -0.675. The van der Waals surface area contributed by atoms with Crippen LogP contribution in [0.25, 0.3) is 0 Å². The van der Waals surface area contributed by atoms with Crippen LogP contribution < -0.4 is 5.32 Å². The third-order valence-corrected chi connectivity index (χ3v) is 9.20. The zero-order valence-corrected chi connectivity index (χ0v) is 36.1. The molecule has 57 heavy (non-hydrogen) atoms. The molecule has 10 heteroatoms. The van der Waals surface area contributed by atoms with Gasteiger partial charge in [0.2, 0.25) is 5.91 Å². The van der Waals surface area contributed by atoms with Gasteiger partial charge in [-0.2, -0.15) is 0 Å². The third kappa shape index (κ3) is 43.6. The topological polar surface area (TPSA) is 131 Å². The van der Waals surface area contributed by atoms with Gasteiger partial charge in [0.1, 0.15) is 12.7 Å². The van der Waals surface area contributed by atoms with E-state index < -0.39 is 26.5 Å². The first kappa shape index (κ1) is 53.7. The Bertz CT molecular complexity index is 1290. The maximum Gasteiger partial charge on any atom is 0.472 e. The van der Waals surface area contributed by atoms with Crippen molar-refractivity contribution < 1.29 is 37.9 Å². The Hall–Kier alpha value is -3.33. The van der Waals surface area contributed by atoms with Crippen molar-refractivity contribution in [2.24, 2.45) is 0 Å². The van der Waals surface area contributed by atoms with Gasteiger partial charge in [-0.3, -0.25) is 18.6 Å². The Morgan fingerprint density at radius 1 is 0.579 bits per heavy atom. The number of phosphoric ester groups is 1. The maximum absolute atomic E-state index is 12.1. The number of hydrogen-bond acceptors (Lipinski definition) is 7. The smallest absolute Gasteiger partial charge is 0.463 e. The van der Waals surface area contributed by atoms with E-state index in [0.29, 0.717) is 12.8 Å². The predicted octanol–water partition coefficient (Wildman–Crippen LogP) is 12.0. The molecule has 0 fully saturated rings. The van der Waals surface area contributed by atoms with E-state index >= 15 is 0 Å². The number of unbranched alkanes of at least 4 members (excludes halogenated alkanes) is 8. The van der Waals surface area contributed by atoms with E-state index in [-0.39, 0.29) is 32.1 Å². The summed E-state index contributed by atoms with van der Waals surface area (Å²) in [4.78, 5) is 33.8. The highest BCUT2D eigenvalue weighted by Gasteiger charge is 2.23. The molecule has 0 saturated carbocycles. The molecule has 0 radical (unpaired) electrons. The molecule has 0 aliphatic carbocycles. The van der Waals surface area contributed by atoms with Gasteiger partial charge in [-0.1, -0.05) is 155 Å². The number of nitrogens with one attached hydrogen (secondary N) is 1. The molecule has 0 saturated heterocycles. The fraction of sp³-hybridized carbons (Fsp3) is 0.574. The zero-order valence-electron chi connectivity index (χ0n) is 35.2. The van der Waals surface area contributed by atoms with E-state index in [4.69, 9.17) is 13.8 Å². The summed E-state index contributed by atoms with van der Waals surface area (Å²) in [6.45, 7) is 3.25. The lowest BCUT2D eigenvalue weighted by Gasteiger charge is -2.15. The molecule has 0 spiro atoms. The first-order valence-electron chi connectivity index (χ1n) is 21.4. The SMILES string of the molecule is CC/C=C\C/C=C\C/C=C\C/C=C\C/C=C\C/C=C\C/C=C\CC(=O)OCC(O)COP(=O)(O)OCCNC(=O)CCCCCCC/C=C\C/C=C\CCCCC. The van der Waals surface area contributed by atoms with Gasteiger partial charge in [0.05, 0.1) is 19.6 Å². The highest BCUT2D eigenvalue weighted by Crippen LogP contribution is 2.42. The minimum atomic E-state index is -4.45. The monoisotopic (exact) mass is 814 g/mol. The van der Waals surface area contributed by atoms with E-state index in [0.717, 1.165) is 83.5 Å². The Labute approximate surface area is 346 Å². The quantitative estimate of drug-likeness (QED) is 0.0243. The summed E-state index contributed by atoms with van der Waals surface area (Å²) < 4.78 is 26.7. The number of aliphatic hydroxyl groups is 1. The summed E-state index contributed by atoms with van der Waals surface area (Å²) in [6.07, 6.45) is 56.1. The minimum absolute atomic E-state index is 0.0408. The van der Waals surface area contributed by atoms with Crippen LogP contribution in [0.15, 0.2) is 109 Å². The van der Waals surface area contributed by atoms with Crippen LogP contribution in [-0.2, 0) is 27.9 Å². The van der Waals surface area contributed by atoms with Crippen molar-refractivity contribution in [3.63, 3.8) is 0 Å². The first-order valence-corrected chi connectivity index (χ1v) is 22.9. The molecular formula is C47H76NO8P. The number of carbonyl (C=O) groups excluding carboxylic acids is 2. The maximum atomic E-state index is 12.1. The molecule has 0 aromatic heterocycles. The number of hydrogen-bond donors (Lipinski definition) is 3. The van der Waals surface area contributed by atoms with Crippen molar-refractivity contribution in [3.05, 3.63) is 109 Å². The van der Waals surface area contributed by atoms with E-state index in [1.54, 1.807) is 6.08 Å². The van der Waals surface area contributed by atoms with Crippen molar-refractivity contribution in [2.75, 3.05) is 26.4 Å². The Balaban J connectivity index is 3.79. The Kier molecular flexibility index (Phi) is 39.8. The first-order chi connectivity index (χ1) is 27.8. The second-order valence-electron chi connectivity index (χ2n) is 13.6. The van der Waals surface area contributed by atoms with Gasteiger partial charge < -0.3 is 20.1 Å². The summed E-state index contributed by atoms with van der Waals surface area (Å²) in [6, 6.07) is 0. The molecule has 9 nitrogen and oxygen atoms in total. The summed E-state index contributed by atoms with van der Waals surface area (Å²) in [5.41, 5.74) is 0. The third-order valence-electron chi connectivity index (χ3n) is 8.22. The van der Waals surface area contributed by atoms with Crippen molar-refractivity contribution in [2.45, 2.75) is 148 Å². The molecule has 0 aliphatic heterocycles. The lowest BCUT2D eigenvalue weighted by Crippen LogP contribution is -2.27. The van der Waals surface area contributed by atoms with Crippen molar-refractivity contribution in [1.82, 2.24) is 5.32 Å². The Morgan fingerprint density at radius 3 is 1.56 bits per heavy atom. The summed E-state index contributed by atoms with van der Waals surface area (Å²) in [5, 5.41) is 12.7. The van der Waals surface area contributed by atoms with Gasteiger partial charge in [0, 0.05) is 13.0 Å². The average molecular weight is 814 g/mol. The number of aliphatic hydroxyl groups excluding tert-OH is 1. The molecule has 0 heterocycles. The van der Waals surface area contributed by atoms with Gasteiger partial charge in [-0.05, 0) is 83.5 Å². The summed E-state index contributed by atoms with van der Waals surface area (Å²) in [7, 11) is -4.45. The second-order valence-corrected chi connectivity index (χ2v) is 15.0. The van der Waals surface area contributed by atoms with E-state index in [1.165, 1.54) is 25.7 Å². The lowest BCUT2D eigenvalue weighted by molar-refractivity contribution is -0.146. The van der Waals surface area contributed by atoms with Gasteiger partial charge in [0.15, 0.2) is 0 Å². The van der Waals surface area contributed by atoms with Crippen molar-refractivity contribution in [3.8, 4) is 0 Å². The van der Waals surface area contributed by atoms with Gasteiger partial charge >= 0.3 is 13.8 Å². The normalized spacial score (nSPS) is 14.4. The molecule has 3 N–H and O–H groups in total. The molecule has 0 aromatic rings. The largest absolute Gasteiger partial charge is 0.472 e. The fourth-order valence-electron chi connectivity index (χ4n) is 5.02. The van der Waals surface area contributed by atoms with Crippen molar-refractivity contribution >= 4 is 19.7 Å². The number of rotatable bonds is 38. The molecule has 0 aliphatic rings. The average Bonchev–Trinajstić information content (AvgIpc) is 3.20. The van der Waals surface area contributed by atoms with Crippen LogP contribution in [0, 0.1) is 0 Å². The zero-order chi connectivity index (χ0) is 41.8.